The minimum absolute atomic E-state index is 0.217. The van der Waals surface area contributed by atoms with Crippen molar-refractivity contribution in [2.75, 3.05) is 5.43 Å². The summed E-state index contributed by atoms with van der Waals surface area (Å²) in [6.45, 7) is 8.23. The highest BCUT2D eigenvalue weighted by Gasteiger charge is 2.38. The molecule has 1 N–H and O–H groups in total. The fraction of sp³-hybridized carbons (Fsp3) is 0.421. The van der Waals surface area contributed by atoms with Gasteiger partial charge in [-0.3, -0.25) is 0 Å². The summed E-state index contributed by atoms with van der Waals surface area (Å²) >= 11 is 0. The number of nitriles is 1. The van der Waals surface area contributed by atoms with E-state index in [-0.39, 0.29) is 17.0 Å². The quantitative estimate of drug-likeness (QED) is 0.671. The number of hydrazone groups is 1. The van der Waals surface area contributed by atoms with Crippen molar-refractivity contribution < 1.29 is 4.42 Å². The molecule has 1 fully saturated rings. The molecule has 5 nitrogen and oxygen atoms in total. The number of nitrogens with one attached hydrogen (secondary N) is 1. The first-order valence-corrected chi connectivity index (χ1v) is 8.13. The molecule has 1 aliphatic carbocycles. The molecule has 1 aromatic heterocycles. The lowest BCUT2D eigenvalue weighted by Crippen LogP contribution is -2.11. The van der Waals surface area contributed by atoms with E-state index in [1.165, 1.54) is 18.4 Å². The fourth-order valence-corrected chi connectivity index (χ4v) is 2.41. The predicted octanol–water partition coefficient (Wildman–Crippen LogP) is 4.34. The van der Waals surface area contributed by atoms with Crippen molar-refractivity contribution in [3.63, 3.8) is 0 Å². The van der Waals surface area contributed by atoms with E-state index in [9.17, 15) is 0 Å². The van der Waals surface area contributed by atoms with Crippen LogP contribution in [0, 0.1) is 11.3 Å². The van der Waals surface area contributed by atoms with Crippen molar-refractivity contribution in [1.82, 2.24) is 4.98 Å². The third-order valence-electron chi connectivity index (χ3n) is 4.36. The molecule has 1 aromatic carbocycles. The summed E-state index contributed by atoms with van der Waals surface area (Å²) in [5.74, 6) is 0.791. The minimum atomic E-state index is -0.260. The summed E-state index contributed by atoms with van der Waals surface area (Å²) in [5, 5.41) is 13.3. The lowest BCUT2D eigenvalue weighted by atomic mass is 9.97. The molecule has 1 aliphatic rings. The van der Waals surface area contributed by atoms with Crippen LogP contribution in [0.25, 0.3) is 0 Å². The maximum atomic E-state index is 9.16. The third kappa shape index (κ3) is 3.33. The second kappa shape index (κ2) is 5.79. The average Bonchev–Trinajstić information content (AvgIpc) is 3.14. The SMILES string of the molecule is CC(C)(C)c1nc(C#N)c(NN=Cc2ccc(C3(C)CC3)cc2)o1. The fourth-order valence-electron chi connectivity index (χ4n) is 2.41. The molecule has 0 saturated heterocycles. The number of nitrogens with zero attached hydrogens (tertiary/aromatic N) is 3. The summed E-state index contributed by atoms with van der Waals surface area (Å²) in [4.78, 5) is 4.21. The van der Waals surface area contributed by atoms with Crippen LogP contribution in [0.5, 0.6) is 0 Å². The zero-order valence-electron chi connectivity index (χ0n) is 14.6. The van der Waals surface area contributed by atoms with Gasteiger partial charge in [0, 0.05) is 5.41 Å². The van der Waals surface area contributed by atoms with Crippen LogP contribution in [-0.2, 0) is 10.8 Å². The van der Waals surface area contributed by atoms with E-state index in [2.05, 4.69) is 46.7 Å². The van der Waals surface area contributed by atoms with Gasteiger partial charge in [0.15, 0.2) is 0 Å². The topological polar surface area (TPSA) is 74.2 Å². The van der Waals surface area contributed by atoms with Gasteiger partial charge >= 0.3 is 0 Å². The number of hydrogen-bond acceptors (Lipinski definition) is 5. The zero-order chi connectivity index (χ0) is 17.4. The van der Waals surface area contributed by atoms with Crippen LogP contribution in [0.3, 0.4) is 0 Å². The van der Waals surface area contributed by atoms with E-state index in [0.717, 1.165) is 5.56 Å². The van der Waals surface area contributed by atoms with Gasteiger partial charge in [-0.2, -0.15) is 15.3 Å². The van der Waals surface area contributed by atoms with Crippen molar-refractivity contribution in [3.8, 4) is 6.07 Å². The summed E-state index contributed by atoms with van der Waals surface area (Å²) < 4.78 is 5.62. The number of aromatic nitrogens is 1. The summed E-state index contributed by atoms with van der Waals surface area (Å²) in [5.41, 5.74) is 5.48. The highest BCUT2D eigenvalue weighted by molar-refractivity contribution is 5.80. The zero-order valence-corrected chi connectivity index (χ0v) is 14.6. The van der Waals surface area contributed by atoms with E-state index in [0.29, 0.717) is 11.3 Å². The molecule has 3 rings (SSSR count). The largest absolute Gasteiger partial charge is 0.421 e. The van der Waals surface area contributed by atoms with Gasteiger partial charge in [0.1, 0.15) is 6.07 Å². The van der Waals surface area contributed by atoms with Crippen molar-refractivity contribution >= 4 is 12.1 Å². The first-order valence-electron chi connectivity index (χ1n) is 8.13. The molecule has 0 spiro atoms. The maximum absolute atomic E-state index is 9.16. The Labute approximate surface area is 142 Å². The van der Waals surface area contributed by atoms with Crippen LogP contribution < -0.4 is 5.43 Å². The number of hydrogen-bond donors (Lipinski definition) is 1. The van der Waals surface area contributed by atoms with Gasteiger partial charge in [0.05, 0.1) is 6.21 Å². The van der Waals surface area contributed by atoms with Crippen LogP contribution in [0.1, 0.15) is 63.2 Å². The molecule has 0 aliphatic heterocycles. The monoisotopic (exact) mass is 322 g/mol. The Morgan fingerprint density at radius 1 is 1.29 bits per heavy atom. The molecule has 0 radical (unpaired) electrons. The van der Waals surface area contributed by atoms with Gasteiger partial charge in [-0.05, 0) is 29.4 Å². The van der Waals surface area contributed by atoms with Crippen LogP contribution in [-0.4, -0.2) is 11.2 Å². The Hall–Kier alpha value is -2.61. The summed E-state index contributed by atoms with van der Waals surface area (Å²) in [6, 6.07) is 10.4. The van der Waals surface area contributed by atoms with Crippen molar-refractivity contribution in [2.24, 2.45) is 5.10 Å². The Morgan fingerprint density at radius 2 is 1.96 bits per heavy atom. The van der Waals surface area contributed by atoms with Crippen LogP contribution in [0.2, 0.25) is 0 Å². The number of benzene rings is 1. The van der Waals surface area contributed by atoms with Crippen LogP contribution in [0.4, 0.5) is 5.88 Å². The molecule has 0 unspecified atom stereocenters. The Morgan fingerprint density at radius 3 is 2.50 bits per heavy atom. The summed E-state index contributed by atoms with van der Waals surface area (Å²) in [6.07, 6.45) is 4.24. The van der Waals surface area contributed by atoms with Gasteiger partial charge in [-0.25, -0.2) is 5.43 Å². The van der Waals surface area contributed by atoms with Crippen molar-refractivity contribution in [1.29, 1.82) is 5.26 Å². The Balaban J connectivity index is 1.70. The van der Waals surface area contributed by atoms with Crippen molar-refractivity contribution in [3.05, 3.63) is 47.0 Å². The Kier molecular flexibility index (Phi) is 3.92. The molecule has 5 heteroatoms. The van der Waals surface area contributed by atoms with Gasteiger partial charge in [0.2, 0.25) is 11.6 Å². The van der Waals surface area contributed by atoms with Gasteiger partial charge in [-0.1, -0.05) is 52.0 Å². The molecular weight excluding hydrogens is 300 g/mol. The van der Waals surface area contributed by atoms with Gasteiger partial charge in [-0.15, -0.1) is 0 Å². The smallest absolute Gasteiger partial charge is 0.252 e. The number of oxazole rings is 1. The van der Waals surface area contributed by atoms with E-state index in [4.69, 9.17) is 9.68 Å². The molecule has 2 aromatic rings. The first-order chi connectivity index (χ1) is 11.3. The standard InChI is InChI=1S/C19H22N4O/c1-18(2,3)17-22-15(11-20)16(24-17)23-21-12-13-5-7-14(8-6-13)19(4)9-10-19/h5-8,12,23H,9-10H2,1-4H3. The number of anilines is 1. The minimum Gasteiger partial charge on any atom is -0.421 e. The molecule has 1 saturated carbocycles. The molecule has 0 bridgehead atoms. The van der Waals surface area contributed by atoms with Crippen LogP contribution >= 0.6 is 0 Å². The third-order valence-corrected chi connectivity index (χ3v) is 4.36. The van der Waals surface area contributed by atoms with Crippen molar-refractivity contribution in [2.45, 2.75) is 51.4 Å². The molecule has 1 heterocycles. The molecule has 24 heavy (non-hydrogen) atoms. The van der Waals surface area contributed by atoms with Gasteiger partial charge in [0.25, 0.3) is 5.88 Å². The molecular formula is C19H22N4O. The predicted molar refractivity (Wildman–Crippen MR) is 94.2 cm³/mol. The maximum Gasteiger partial charge on any atom is 0.252 e. The Bertz CT molecular complexity index is 799. The highest BCUT2D eigenvalue weighted by Crippen LogP contribution is 2.47. The first kappa shape index (κ1) is 16.3. The van der Waals surface area contributed by atoms with Crippen LogP contribution in [0.15, 0.2) is 33.8 Å². The highest BCUT2D eigenvalue weighted by atomic mass is 16.4. The lowest BCUT2D eigenvalue weighted by Gasteiger charge is -2.11. The lowest BCUT2D eigenvalue weighted by molar-refractivity contribution is 0.399. The number of rotatable bonds is 4. The van der Waals surface area contributed by atoms with E-state index >= 15 is 0 Å². The van der Waals surface area contributed by atoms with E-state index in [1.54, 1.807) is 6.21 Å². The van der Waals surface area contributed by atoms with E-state index < -0.39 is 0 Å². The van der Waals surface area contributed by atoms with E-state index in [1.807, 2.05) is 26.8 Å². The molecule has 0 amide bonds. The normalized spacial score (nSPS) is 16.1. The second-order valence-electron chi connectivity index (χ2n) is 7.61. The summed E-state index contributed by atoms with van der Waals surface area (Å²) in [7, 11) is 0. The second-order valence-corrected chi connectivity index (χ2v) is 7.61. The average molecular weight is 322 g/mol. The molecule has 0 atom stereocenters. The molecule has 124 valence electrons. The van der Waals surface area contributed by atoms with Gasteiger partial charge < -0.3 is 4.42 Å².